The number of halogens is 2. The summed E-state index contributed by atoms with van der Waals surface area (Å²) in [6.45, 7) is 3.67. The van der Waals surface area contributed by atoms with Crippen LogP contribution in [0.25, 0.3) is 0 Å². The van der Waals surface area contributed by atoms with Gasteiger partial charge < -0.3 is 10.1 Å². The smallest absolute Gasteiger partial charge is 0.238 e. The van der Waals surface area contributed by atoms with E-state index in [9.17, 15) is 8.42 Å². The number of nitrogens with two attached hydrogens (primary N) is 1. The van der Waals surface area contributed by atoms with Crippen molar-refractivity contribution in [1.29, 1.82) is 0 Å². The minimum Gasteiger partial charge on any atom is -0.492 e. The van der Waals surface area contributed by atoms with Gasteiger partial charge in [-0.1, -0.05) is 35.3 Å². The summed E-state index contributed by atoms with van der Waals surface area (Å²) >= 11 is 12.2. The molecule has 0 saturated heterocycles. The Labute approximate surface area is 158 Å². The first-order valence-electron chi connectivity index (χ1n) is 7.74. The van der Waals surface area contributed by atoms with E-state index in [0.717, 1.165) is 17.5 Å². The maximum atomic E-state index is 11.2. The SMILES string of the molecule is CCOc1c(Cl)cc(Cl)cc1CNCCc1ccc(S(N)(=O)=O)cc1. The van der Waals surface area contributed by atoms with E-state index in [-0.39, 0.29) is 4.90 Å². The van der Waals surface area contributed by atoms with Crippen molar-refractivity contribution in [1.82, 2.24) is 5.32 Å². The molecule has 3 N–H and O–H groups in total. The van der Waals surface area contributed by atoms with Crippen LogP contribution in [0.15, 0.2) is 41.3 Å². The Kier molecular flexibility index (Phi) is 7.10. The van der Waals surface area contributed by atoms with Crippen LogP contribution in [0.1, 0.15) is 18.1 Å². The Bertz CT molecular complexity index is 825. The second kappa shape index (κ2) is 8.87. The molecule has 0 fully saturated rings. The molecule has 0 spiro atoms. The van der Waals surface area contributed by atoms with Crippen LogP contribution in [0.3, 0.4) is 0 Å². The van der Waals surface area contributed by atoms with Crippen molar-refractivity contribution >= 4 is 33.2 Å². The number of nitrogens with one attached hydrogen (secondary N) is 1. The number of hydrogen-bond acceptors (Lipinski definition) is 4. The third-order valence-electron chi connectivity index (χ3n) is 3.53. The number of hydrogen-bond donors (Lipinski definition) is 2. The lowest BCUT2D eigenvalue weighted by Gasteiger charge is -2.13. The molecule has 136 valence electrons. The van der Waals surface area contributed by atoms with Crippen molar-refractivity contribution < 1.29 is 13.2 Å². The fraction of sp³-hybridized carbons (Fsp3) is 0.294. The standard InChI is InChI=1S/C17H20Cl2N2O3S/c1-2-24-17-13(9-14(18)10-16(17)19)11-21-8-7-12-3-5-15(6-4-12)25(20,22)23/h3-6,9-10,21H,2,7-8,11H2,1H3,(H2,20,22,23). The number of benzene rings is 2. The van der Waals surface area contributed by atoms with Crippen molar-refractivity contribution in [2.75, 3.05) is 13.2 Å². The summed E-state index contributed by atoms with van der Waals surface area (Å²) in [5.74, 6) is 0.638. The zero-order valence-corrected chi connectivity index (χ0v) is 16.1. The second-order valence-electron chi connectivity index (χ2n) is 5.42. The van der Waals surface area contributed by atoms with E-state index in [1.807, 2.05) is 13.0 Å². The third kappa shape index (κ3) is 5.87. The lowest BCUT2D eigenvalue weighted by Crippen LogP contribution is -2.17. The molecule has 0 saturated carbocycles. The van der Waals surface area contributed by atoms with Crippen LogP contribution in [0, 0.1) is 0 Å². The van der Waals surface area contributed by atoms with Gasteiger partial charge in [0.05, 0.1) is 16.5 Å². The number of ether oxygens (including phenoxy) is 1. The van der Waals surface area contributed by atoms with E-state index in [1.165, 1.54) is 12.1 Å². The number of rotatable bonds is 8. The predicted octanol–water partition coefficient (Wildman–Crippen LogP) is 3.37. The normalized spacial score (nSPS) is 11.5. The summed E-state index contributed by atoms with van der Waals surface area (Å²) in [5, 5.41) is 9.44. The van der Waals surface area contributed by atoms with Crippen LogP contribution in [0.5, 0.6) is 5.75 Å². The molecule has 8 heteroatoms. The molecule has 0 atom stereocenters. The number of primary sulfonamides is 1. The van der Waals surface area contributed by atoms with Gasteiger partial charge in [0.25, 0.3) is 0 Å². The van der Waals surface area contributed by atoms with Gasteiger partial charge in [-0.15, -0.1) is 0 Å². The Hall–Kier alpha value is -1.31. The highest BCUT2D eigenvalue weighted by Crippen LogP contribution is 2.32. The van der Waals surface area contributed by atoms with Crippen molar-refractivity contribution in [3.63, 3.8) is 0 Å². The van der Waals surface area contributed by atoms with Crippen molar-refractivity contribution in [2.24, 2.45) is 5.14 Å². The van der Waals surface area contributed by atoms with Crippen LogP contribution in [-0.2, 0) is 23.0 Å². The van der Waals surface area contributed by atoms with E-state index in [0.29, 0.717) is 35.5 Å². The minimum atomic E-state index is -3.65. The Balaban J connectivity index is 1.93. The van der Waals surface area contributed by atoms with Crippen molar-refractivity contribution in [3.05, 3.63) is 57.6 Å². The monoisotopic (exact) mass is 402 g/mol. The van der Waals surface area contributed by atoms with Crippen molar-refractivity contribution in [3.8, 4) is 5.75 Å². The molecule has 2 aromatic carbocycles. The first-order chi connectivity index (χ1) is 11.8. The van der Waals surface area contributed by atoms with E-state index in [4.69, 9.17) is 33.1 Å². The third-order valence-corrected chi connectivity index (χ3v) is 4.96. The molecule has 0 bridgehead atoms. The first kappa shape index (κ1) is 20.0. The molecule has 0 amide bonds. The number of sulfonamides is 1. The van der Waals surface area contributed by atoms with Gasteiger partial charge >= 0.3 is 0 Å². The largest absolute Gasteiger partial charge is 0.492 e. The van der Waals surface area contributed by atoms with Crippen LogP contribution in [0.2, 0.25) is 10.0 Å². The van der Waals surface area contributed by atoms with Gasteiger partial charge in [-0.25, -0.2) is 13.6 Å². The molecular weight excluding hydrogens is 383 g/mol. The Morgan fingerprint density at radius 3 is 2.44 bits per heavy atom. The van der Waals surface area contributed by atoms with E-state index < -0.39 is 10.0 Å². The molecule has 0 aromatic heterocycles. The average molecular weight is 403 g/mol. The lowest BCUT2D eigenvalue weighted by atomic mass is 10.1. The van der Waals surface area contributed by atoms with Crippen molar-refractivity contribution in [2.45, 2.75) is 24.8 Å². The molecule has 0 aliphatic carbocycles. The zero-order valence-electron chi connectivity index (χ0n) is 13.8. The maximum absolute atomic E-state index is 11.2. The molecule has 0 unspecified atom stereocenters. The van der Waals surface area contributed by atoms with Gasteiger partial charge in [-0.05, 0) is 49.7 Å². The summed E-state index contributed by atoms with van der Waals surface area (Å²) in [6, 6.07) is 10.0. The molecule has 0 heterocycles. The fourth-order valence-electron chi connectivity index (χ4n) is 2.35. The van der Waals surface area contributed by atoms with E-state index in [1.54, 1.807) is 18.2 Å². The van der Waals surface area contributed by atoms with E-state index >= 15 is 0 Å². The highest BCUT2D eigenvalue weighted by Gasteiger charge is 2.10. The summed E-state index contributed by atoms with van der Waals surface area (Å²) < 4.78 is 28.1. The molecule has 0 aliphatic rings. The topological polar surface area (TPSA) is 81.4 Å². The summed E-state index contributed by atoms with van der Waals surface area (Å²) in [4.78, 5) is 0.110. The highest BCUT2D eigenvalue weighted by atomic mass is 35.5. The van der Waals surface area contributed by atoms with Gasteiger partial charge in [-0.3, -0.25) is 0 Å². The van der Waals surface area contributed by atoms with E-state index in [2.05, 4.69) is 5.32 Å². The summed E-state index contributed by atoms with van der Waals surface area (Å²) in [7, 11) is -3.65. The fourth-order valence-corrected chi connectivity index (χ4v) is 3.46. The Morgan fingerprint density at radius 2 is 1.84 bits per heavy atom. The van der Waals surface area contributed by atoms with Gasteiger partial charge in [0.15, 0.2) is 0 Å². The molecule has 0 radical (unpaired) electrons. The van der Waals surface area contributed by atoms with Gasteiger partial charge in [-0.2, -0.15) is 0 Å². The maximum Gasteiger partial charge on any atom is 0.238 e. The molecule has 2 rings (SSSR count). The van der Waals surface area contributed by atoms with Gasteiger partial charge in [0, 0.05) is 17.1 Å². The minimum absolute atomic E-state index is 0.110. The quantitative estimate of drug-likeness (QED) is 0.663. The van der Waals surface area contributed by atoms with Crippen LogP contribution in [-0.4, -0.2) is 21.6 Å². The lowest BCUT2D eigenvalue weighted by molar-refractivity contribution is 0.336. The average Bonchev–Trinajstić information content (AvgIpc) is 2.54. The van der Waals surface area contributed by atoms with Gasteiger partial charge in [0.1, 0.15) is 5.75 Å². The summed E-state index contributed by atoms with van der Waals surface area (Å²) in [5.41, 5.74) is 1.90. The molecule has 5 nitrogen and oxygen atoms in total. The van der Waals surface area contributed by atoms with Crippen LogP contribution in [0.4, 0.5) is 0 Å². The highest BCUT2D eigenvalue weighted by molar-refractivity contribution is 7.89. The predicted molar refractivity (Wildman–Crippen MR) is 101 cm³/mol. The van der Waals surface area contributed by atoms with Crippen LogP contribution < -0.4 is 15.2 Å². The first-order valence-corrected chi connectivity index (χ1v) is 10.0. The molecule has 25 heavy (non-hydrogen) atoms. The van der Waals surface area contributed by atoms with Crippen LogP contribution >= 0.6 is 23.2 Å². The zero-order chi connectivity index (χ0) is 18.4. The summed E-state index contributed by atoms with van der Waals surface area (Å²) in [6.07, 6.45) is 0.739. The molecule has 2 aromatic rings. The molecule has 0 aliphatic heterocycles. The Morgan fingerprint density at radius 1 is 1.16 bits per heavy atom. The second-order valence-corrected chi connectivity index (χ2v) is 7.83. The van der Waals surface area contributed by atoms with Gasteiger partial charge in [0.2, 0.25) is 10.0 Å². The molecular formula is C17H20Cl2N2O3S.